The van der Waals surface area contributed by atoms with Crippen molar-refractivity contribution in [1.29, 1.82) is 0 Å². The van der Waals surface area contributed by atoms with E-state index in [1.165, 1.54) is 11.1 Å². The van der Waals surface area contributed by atoms with Crippen molar-refractivity contribution < 1.29 is 9.90 Å². The van der Waals surface area contributed by atoms with Crippen molar-refractivity contribution in [3.63, 3.8) is 0 Å². The number of amides is 1. The van der Waals surface area contributed by atoms with Gasteiger partial charge in [0.2, 0.25) is 5.91 Å². The van der Waals surface area contributed by atoms with E-state index in [0.717, 1.165) is 12.0 Å². The lowest BCUT2D eigenvalue weighted by Gasteiger charge is -2.25. The average Bonchev–Trinajstić information content (AvgIpc) is 2.61. The number of hydrogen-bond donors (Lipinski definition) is 2. The number of rotatable bonds is 8. The number of aliphatic hydroxyl groups is 1. The second kappa shape index (κ2) is 9.59. The third-order valence-corrected chi connectivity index (χ3v) is 4.81. The van der Waals surface area contributed by atoms with Gasteiger partial charge in [-0.1, -0.05) is 88.9 Å². The number of nitrogens with one attached hydrogen (secondary N) is 1. The molecule has 0 aromatic heterocycles. The van der Waals surface area contributed by atoms with E-state index in [-0.39, 0.29) is 29.0 Å². The summed E-state index contributed by atoms with van der Waals surface area (Å²) in [7, 11) is 0. The maximum atomic E-state index is 12.5. The Morgan fingerprint density at radius 2 is 1.61 bits per heavy atom. The Morgan fingerprint density at radius 3 is 2.14 bits per heavy atom. The number of carbonyl (C=O) groups excluding carboxylic acids is 1. The number of benzene rings is 2. The van der Waals surface area contributed by atoms with Gasteiger partial charge in [-0.2, -0.15) is 0 Å². The van der Waals surface area contributed by atoms with Crippen molar-refractivity contribution in [3.8, 4) is 11.1 Å². The summed E-state index contributed by atoms with van der Waals surface area (Å²) in [6, 6.07) is 18.7. The molecule has 3 nitrogen and oxygen atoms in total. The molecule has 0 bridgehead atoms. The Hall–Kier alpha value is -2.55. The number of hydrogen-bond acceptors (Lipinski definition) is 2. The fraction of sp³-hybridized carbons (Fsp3) is 0.400. The third kappa shape index (κ3) is 7.22. The average molecular weight is 380 g/mol. The number of aliphatic hydroxyl groups excluding tert-OH is 1. The molecule has 2 aromatic rings. The van der Waals surface area contributed by atoms with Crippen molar-refractivity contribution in [2.45, 2.75) is 53.0 Å². The van der Waals surface area contributed by atoms with Crippen molar-refractivity contribution in [3.05, 3.63) is 72.5 Å². The molecule has 2 N–H and O–H groups in total. The first-order valence-electron chi connectivity index (χ1n) is 9.95. The second-order valence-corrected chi connectivity index (χ2v) is 8.90. The monoisotopic (exact) mass is 379 g/mol. The zero-order chi connectivity index (χ0) is 20.7. The molecule has 150 valence electrons. The predicted octanol–water partition coefficient (Wildman–Crippen LogP) is 5.92. The van der Waals surface area contributed by atoms with E-state index < -0.39 is 0 Å². The summed E-state index contributed by atoms with van der Waals surface area (Å²) in [5.41, 5.74) is 3.47. The summed E-state index contributed by atoms with van der Waals surface area (Å²) >= 11 is 0. The van der Waals surface area contributed by atoms with Gasteiger partial charge in [-0.15, -0.1) is 0 Å². The smallest absolute Gasteiger partial charge is 0.220 e. The van der Waals surface area contributed by atoms with Gasteiger partial charge < -0.3 is 10.4 Å². The first-order chi connectivity index (χ1) is 13.1. The molecular weight excluding hydrogens is 346 g/mol. The molecule has 0 saturated heterocycles. The van der Waals surface area contributed by atoms with Gasteiger partial charge in [-0.25, -0.2) is 0 Å². The lowest BCUT2D eigenvalue weighted by atomic mass is 9.90. The van der Waals surface area contributed by atoms with Gasteiger partial charge in [0, 0.05) is 18.4 Å². The SMILES string of the molecule is C=C(O)[C@H](C)CC(Cc1ccc(-c2ccccc2)cc1)NC(=O)CC(C)(C)C. The van der Waals surface area contributed by atoms with Crippen LogP contribution in [-0.4, -0.2) is 17.1 Å². The molecule has 1 unspecified atom stereocenters. The lowest BCUT2D eigenvalue weighted by Crippen LogP contribution is -2.39. The van der Waals surface area contributed by atoms with Gasteiger partial charge in [-0.3, -0.25) is 4.79 Å². The van der Waals surface area contributed by atoms with Crippen LogP contribution in [0.1, 0.15) is 46.1 Å². The van der Waals surface area contributed by atoms with E-state index >= 15 is 0 Å². The molecule has 3 heteroatoms. The molecule has 0 heterocycles. The summed E-state index contributed by atoms with van der Waals surface area (Å²) in [6.45, 7) is 11.7. The fourth-order valence-electron chi connectivity index (χ4n) is 3.26. The van der Waals surface area contributed by atoms with Crippen LogP contribution in [0.3, 0.4) is 0 Å². The first kappa shape index (κ1) is 21.7. The van der Waals surface area contributed by atoms with Crippen LogP contribution >= 0.6 is 0 Å². The second-order valence-electron chi connectivity index (χ2n) is 8.90. The number of allylic oxidation sites excluding steroid dienone is 1. The maximum absolute atomic E-state index is 12.5. The highest BCUT2D eigenvalue weighted by atomic mass is 16.3. The van der Waals surface area contributed by atoms with E-state index in [4.69, 9.17) is 0 Å². The highest BCUT2D eigenvalue weighted by molar-refractivity contribution is 5.77. The highest BCUT2D eigenvalue weighted by Gasteiger charge is 2.21. The van der Waals surface area contributed by atoms with E-state index in [0.29, 0.717) is 12.8 Å². The molecule has 2 rings (SSSR count). The molecule has 1 amide bonds. The Kier molecular flexibility index (Phi) is 7.45. The van der Waals surface area contributed by atoms with E-state index in [2.05, 4.69) is 69.1 Å². The third-order valence-electron chi connectivity index (χ3n) is 4.81. The molecule has 2 atom stereocenters. The normalized spacial score (nSPS) is 13.6. The molecule has 0 spiro atoms. The standard InChI is InChI=1S/C25H33NO2/c1-18(19(2)27)15-23(26-24(28)17-25(3,4)5)16-20-11-13-22(14-12-20)21-9-7-6-8-10-21/h6-14,18,23,27H,2,15-17H2,1,3-5H3,(H,26,28)/t18-,23?/m1/s1. The zero-order valence-electron chi connectivity index (χ0n) is 17.5. The van der Waals surface area contributed by atoms with Crippen molar-refractivity contribution in [1.82, 2.24) is 5.32 Å². The summed E-state index contributed by atoms with van der Waals surface area (Å²) < 4.78 is 0. The minimum absolute atomic E-state index is 0.0451. The van der Waals surface area contributed by atoms with Crippen LogP contribution < -0.4 is 5.32 Å². The fourth-order valence-corrected chi connectivity index (χ4v) is 3.26. The molecule has 0 radical (unpaired) electrons. The molecule has 0 fully saturated rings. The summed E-state index contributed by atoms with van der Waals surface area (Å²) in [6.07, 6.45) is 1.86. The quantitative estimate of drug-likeness (QED) is 0.560. The van der Waals surface area contributed by atoms with E-state index in [1.807, 2.05) is 25.1 Å². The Balaban J connectivity index is 2.10. The number of carbonyl (C=O) groups is 1. The lowest BCUT2D eigenvalue weighted by molar-refractivity contribution is -0.123. The van der Waals surface area contributed by atoms with Crippen LogP contribution in [-0.2, 0) is 11.2 Å². The van der Waals surface area contributed by atoms with Crippen LogP contribution in [0.2, 0.25) is 0 Å². The Bertz CT molecular complexity index is 772. The van der Waals surface area contributed by atoms with Gasteiger partial charge in [0.05, 0.1) is 5.76 Å². The van der Waals surface area contributed by atoms with E-state index in [9.17, 15) is 9.90 Å². The molecule has 2 aromatic carbocycles. The Morgan fingerprint density at radius 1 is 1.04 bits per heavy atom. The maximum Gasteiger partial charge on any atom is 0.220 e. The molecule has 0 aliphatic heterocycles. The van der Waals surface area contributed by atoms with Gasteiger partial charge in [0.1, 0.15) is 0 Å². The molecule has 0 aliphatic rings. The largest absolute Gasteiger partial charge is 0.513 e. The Labute approximate surface area is 169 Å². The molecule has 0 aliphatic carbocycles. The summed E-state index contributed by atoms with van der Waals surface area (Å²) in [4.78, 5) is 12.5. The van der Waals surface area contributed by atoms with Crippen molar-refractivity contribution in [2.75, 3.05) is 0 Å². The minimum atomic E-state index is -0.0662. The van der Waals surface area contributed by atoms with Gasteiger partial charge in [-0.05, 0) is 34.9 Å². The summed E-state index contributed by atoms with van der Waals surface area (Å²) in [5, 5.41) is 12.9. The van der Waals surface area contributed by atoms with Crippen molar-refractivity contribution in [2.24, 2.45) is 11.3 Å². The van der Waals surface area contributed by atoms with Gasteiger partial charge in [0.25, 0.3) is 0 Å². The summed E-state index contributed by atoms with van der Waals surface area (Å²) in [5.74, 6) is 0.146. The van der Waals surface area contributed by atoms with Crippen LogP contribution in [0.5, 0.6) is 0 Å². The zero-order valence-corrected chi connectivity index (χ0v) is 17.5. The molecule has 0 saturated carbocycles. The van der Waals surface area contributed by atoms with Crippen LogP contribution in [0.15, 0.2) is 66.9 Å². The van der Waals surface area contributed by atoms with Crippen molar-refractivity contribution >= 4 is 5.91 Å². The minimum Gasteiger partial charge on any atom is -0.513 e. The first-order valence-corrected chi connectivity index (χ1v) is 9.95. The topological polar surface area (TPSA) is 49.3 Å². The van der Waals surface area contributed by atoms with E-state index in [1.54, 1.807) is 0 Å². The molecule has 28 heavy (non-hydrogen) atoms. The van der Waals surface area contributed by atoms with Crippen LogP contribution in [0.25, 0.3) is 11.1 Å². The van der Waals surface area contributed by atoms with Crippen LogP contribution in [0, 0.1) is 11.3 Å². The highest BCUT2D eigenvalue weighted by Crippen LogP contribution is 2.22. The van der Waals surface area contributed by atoms with Crippen LogP contribution in [0.4, 0.5) is 0 Å². The predicted molar refractivity (Wildman–Crippen MR) is 117 cm³/mol. The molecular formula is C25H33NO2. The van der Waals surface area contributed by atoms with Gasteiger partial charge >= 0.3 is 0 Å². The van der Waals surface area contributed by atoms with Gasteiger partial charge in [0.15, 0.2) is 0 Å².